The highest BCUT2D eigenvalue weighted by atomic mass is 16.7. The summed E-state index contributed by atoms with van der Waals surface area (Å²) in [5.74, 6) is 0. The van der Waals surface area contributed by atoms with Gasteiger partial charge in [0, 0.05) is 13.1 Å². The number of rotatable bonds is 9. The average Bonchev–Trinajstić information content (AvgIpc) is 2.31. The van der Waals surface area contributed by atoms with E-state index in [1.165, 1.54) is 4.90 Å². The van der Waals surface area contributed by atoms with E-state index in [0.717, 1.165) is 0 Å². The first kappa shape index (κ1) is 16.1. The van der Waals surface area contributed by atoms with Crippen LogP contribution in [-0.4, -0.2) is 88.3 Å². The van der Waals surface area contributed by atoms with Gasteiger partial charge in [0.15, 0.2) is 0 Å². The Kier molecular flexibility index (Phi) is 7.75. The van der Waals surface area contributed by atoms with Gasteiger partial charge in [-0.1, -0.05) is 0 Å². The normalized spacial score (nSPS) is 11.8. The van der Waals surface area contributed by atoms with Gasteiger partial charge in [-0.05, 0) is 0 Å². The fourth-order valence-corrected chi connectivity index (χ4v) is 1.40. The fraction of sp³-hybridized carbons (Fsp3) is 0.889. The van der Waals surface area contributed by atoms with Crippen LogP contribution >= 0.6 is 0 Å². The lowest BCUT2D eigenvalue weighted by molar-refractivity contribution is -0.0598. The lowest BCUT2D eigenvalue weighted by Crippen LogP contribution is -2.58. The predicted molar refractivity (Wildman–Crippen MR) is 56.6 cm³/mol. The Morgan fingerprint density at radius 2 is 1.59 bits per heavy atom. The van der Waals surface area contributed by atoms with Crippen molar-refractivity contribution >= 4 is 6.16 Å². The van der Waals surface area contributed by atoms with Crippen molar-refractivity contribution in [3.05, 3.63) is 0 Å². The highest BCUT2D eigenvalue weighted by molar-refractivity contribution is 5.56. The van der Waals surface area contributed by atoms with Gasteiger partial charge < -0.3 is 30.3 Å². The van der Waals surface area contributed by atoms with Gasteiger partial charge in [-0.15, -0.1) is 0 Å². The molecular formula is C9H19NO7. The zero-order valence-electron chi connectivity index (χ0n) is 9.45. The molecule has 8 nitrogen and oxygen atoms in total. The number of hydrogen-bond acceptors (Lipinski definition) is 7. The molecule has 0 aromatic rings. The van der Waals surface area contributed by atoms with Crippen molar-refractivity contribution in [2.75, 3.05) is 46.1 Å². The standard InChI is InChI=1S/C9H19NO7/c11-3-1-10(2-4-17-8(15)16)9(5-12,6-13)7-14/h11-14H,1-7H2,(H,15,16). The lowest BCUT2D eigenvalue weighted by atomic mass is 10.0. The Morgan fingerprint density at radius 3 is 1.94 bits per heavy atom. The van der Waals surface area contributed by atoms with E-state index in [1.54, 1.807) is 0 Å². The topological polar surface area (TPSA) is 131 Å². The molecule has 5 N–H and O–H groups in total. The second kappa shape index (κ2) is 8.20. The first-order chi connectivity index (χ1) is 8.06. The fourth-order valence-electron chi connectivity index (χ4n) is 1.40. The third-order valence-corrected chi connectivity index (χ3v) is 2.51. The Balaban J connectivity index is 4.50. The molecule has 0 unspecified atom stereocenters. The van der Waals surface area contributed by atoms with Crippen molar-refractivity contribution in [2.24, 2.45) is 0 Å². The van der Waals surface area contributed by atoms with Crippen LogP contribution in [0.5, 0.6) is 0 Å². The number of aliphatic hydroxyl groups excluding tert-OH is 4. The third kappa shape index (κ3) is 4.84. The highest BCUT2D eigenvalue weighted by Crippen LogP contribution is 2.13. The molecule has 0 aromatic heterocycles. The predicted octanol–water partition coefficient (Wildman–Crippen LogP) is -2.31. The minimum atomic E-state index is -1.43. The number of aliphatic hydroxyl groups is 4. The van der Waals surface area contributed by atoms with E-state index < -0.39 is 31.5 Å². The van der Waals surface area contributed by atoms with Crippen molar-refractivity contribution in [1.29, 1.82) is 0 Å². The van der Waals surface area contributed by atoms with Crippen LogP contribution in [0.25, 0.3) is 0 Å². The first-order valence-electron chi connectivity index (χ1n) is 5.10. The van der Waals surface area contributed by atoms with Crippen LogP contribution in [-0.2, 0) is 4.74 Å². The zero-order chi connectivity index (χ0) is 13.3. The SMILES string of the molecule is O=C(O)OCCN(CCO)C(CO)(CO)CO. The van der Waals surface area contributed by atoms with E-state index in [4.69, 9.17) is 10.2 Å². The van der Waals surface area contributed by atoms with Crippen molar-refractivity contribution in [2.45, 2.75) is 5.54 Å². The summed E-state index contributed by atoms with van der Waals surface area (Å²) in [6.07, 6.45) is -1.43. The van der Waals surface area contributed by atoms with E-state index in [2.05, 4.69) is 4.74 Å². The summed E-state index contributed by atoms with van der Waals surface area (Å²) in [7, 11) is 0. The molecule has 0 saturated carbocycles. The van der Waals surface area contributed by atoms with Crippen molar-refractivity contribution < 1.29 is 35.1 Å². The second-order valence-electron chi connectivity index (χ2n) is 3.52. The minimum Gasteiger partial charge on any atom is -0.450 e. The van der Waals surface area contributed by atoms with E-state index in [9.17, 15) is 20.1 Å². The largest absolute Gasteiger partial charge is 0.505 e. The summed E-state index contributed by atoms with van der Waals surface area (Å²) < 4.78 is 4.30. The van der Waals surface area contributed by atoms with Crippen LogP contribution in [0.2, 0.25) is 0 Å². The smallest absolute Gasteiger partial charge is 0.450 e. The number of ether oxygens (including phenoxy) is 1. The van der Waals surface area contributed by atoms with Crippen LogP contribution < -0.4 is 0 Å². The van der Waals surface area contributed by atoms with E-state index >= 15 is 0 Å². The van der Waals surface area contributed by atoms with Crippen LogP contribution in [0.15, 0.2) is 0 Å². The van der Waals surface area contributed by atoms with Gasteiger partial charge in [0.1, 0.15) is 6.61 Å². The van der Waals surface area contributed by atoms with Gasteiger partial charge >= 0.3 is 6.16 Å². The van der Waals surface area contributed by atoms with Gasteiger partial charge in [-0.2, -0.15) is 0 Å². The van der Waals surface area contributed by atoms with Gasteiger partial charge in [0.2, 0.25) is 0 Å². The van der Waals surface area contributed by atoms with Gasteiger partial charge in [-0.3, -0.25) is 4.90 Å². The maximum Gasteiger partial charge on any atom is 0.505 e. The molecule has 0 rings (SSSR count). The summed E-state index contributed by atoms with van der Waals surface area (Å²) in [6.45, 7) is -1.88. The Bertz CT molecular complexity index is 211. The number of nitrogens with zero attached hydrogens (tertiary/aromatic N) is 1. The molecule has 0 aliphatic rings. The monoisotopic (exact) mass is 253 g/mol. The molecule has 102 valence electrons. The molecule has 0 saturated heterocycles. The molecular weight excluding hydrogens is 234 g/mol. The molecule has 0 atom stereocenters. The molecule has 0 bridgehead atoms. The van der Waals surface area contributed by atoms with Gasteiger partial charge in [-0.25, -0.2) is 4.79 Å². The molecule has 0 heterocycles. The van der Waals surface area contributed by atoms with Crippen LogP contribution in [0, 0.1) is 0 Å². The molecule has 0 aromatic carbocycles. The molecule has 0 fully saturated rings. The van der Waals surface area contributed by atoms with Gasteiger partial charge in [0.05, 0.1) is 32.0 Å². The summed E-state index contributed by atoms with van der Waals surface area (Å²) in [5, 5.41) is 44.7. The van der Waals surface area contributed by atoms with Gasteiger partial charge in [0.25, 0.3) is 0 Å². The minimum absolute atomic E-state index is 0.0501. The lowest BCUT2D eigenvalue weighted by Gasteiger charge is -2.39. The van der Waals surface area contributed by atoms with Crippen molar-refractivity contribution in [3.63, 3.8) is 0 Å². The highest BCUT2D eigenvalue weighted by Gasteiger charge is 2.34. The van der Waals surface area contributed by atoms with Crippen LogP contribution in [0.3, 0.4) is 0 Å². The molecule has 8 heteroatoms. The summed E-state index contributed by atoms with van der Waals surface area (Å²) in [4.78, 5) is 11.5. The Hall–Kier alpha value is -0.930. The van der Waals surface area contributed by atoms with Crippen molar-refractivity contribution in [3.8, 4) is 0 Å². The number of carbonyl (C=O) groups is 1. The maximum absolute atomic E-state index is 10.2. The molecule has 0 radical (unpaired) electrons. The molecule has 17 heavy (non-hydrogen) atoms. The maximum atomic E-state index is 10.2. The number of hydrogen-bond donors (Lipinski definition) is 5. The molecule has 0 amide bonds. The Labute approximate surface area is 98.7 Å². The summed E-state index contributed by atoms with van der Waals surface area (Å²) >= 11 is 0. The van der Waals surface area contributed by atoms with Crippen molar-refractivity contribution in [1.82, 2.24) is 4.90 Å². The van der Waals surface area contributed by atoms with E-state index in [1.807, 2.05) is 0 Å². The van der Waals surface area contributed by atoms with E-state index in [-0.39, 0.29) is 26.3 Å². The first-order valence-corrected chi connectivity index (χ1v) is 5.10. The van der Waals surface area contributed by atoms with Crippen LogP contribution in [0.1, 0.15) is 0 Å². The summed E-state index contributed by atoms with van der Waals surface area (Å²) in [6, 6.07) is 0. The van der Waals surface area contributed by atoms with E-state index in [0.29, 0.717) is 0 Å². The molecule has 0 aliphatic carbocycles. The molecule has 0 aliphatic heterocycles. The quantitative estimate of drug-likeness (QED) is 0.290. The zero-order valence-corrected chi connectivity index (χ0v) is 9.45. The number of carboxylic acid groups (broad SMARTS) is 1. The Morgan fingerprint density at radius 1 is 1.06 bits per heavy atom. The average molecular weight is 253 g/mol. The molecule has 0 spiro atoms. The second-order valence-corrected chi connectivity index (χ2v) is 3.52. The van der Waals surface area contributed by atoms with Crippen LogP contribution in [0.4, 0.5) is 4.79 Å². The summed E-state index contributed by atoms with van der Waals surface area (Å²) in [5.41, 5.74) is -1.30. The number of β-amino-alcohol motifs (C(OH)–C–C–N with tert-alkyl or cyclic N) is 1. The third-order valence-electron chi connectivity index (χ3n) is 2.51.